The van der Waals surface area contributed by atoms with Crippen LogP contribution in [0.5, 0.6) is 0 Å². The van der Waals surface area contributed by atoms with E-state index in [0.717, 1.165) is 5.65 Å². The first-order valence-electron chi connectivity index (χ1n) is 6.59. The monoisotopic (exact) mass is 322 g/mol. The van der Waals surface area contributed by atoms with Gasteiger partial charge in [0.15, 0.2) is 0 Å². The predicted molar refractivity (Wildman–Crippen MR) is 83.6 cm³/mol. The summed E-state index contributed by atoms with van der Waals surface area (Å²) in [6.07, 6.45) is 1.88. The van der Waals surface area contributed by atoms with Crippen molar-refractivity contribution in [3.05, 3.63) is 60.8 Å². The fraction of sp³-hybridized carbons (Fsp3) is 0. The molecule has 0 bridgehead atoms. The number of aromatic nitrogens is 2. The van der Waals surface area contributed by atoms with Gasteiger partial charge in [0.05, 0.1) is 0 Å². The van der Waals surface area contributed by atoms with Gasteiger partial charge in [-0.05, 0) is 0 Å². The molecule has 0 unspecified atom stereocenters. The Morgan fingerprint density at radius 3 is 2.65 bits per heavy atom. The molecule has 0 radical (unpaired) electrons. The minimum absolute atomic E-state index is 0.375. The summed E-state index contributed by atoms with van der Waals surface area (Å²) in [6, 6.07) is 19.5. The molecule has 1 aliphatic heterocycles. The summed E-state index contributed by atoms with van der Waals surface area (Å²) in [5, 5.41) is 2.57. The van der Waals surface area contributed by atoms with Gasteiger partial charge in [0, 0.05) is 0 Å². The average molecular weight is 321 g/mol. The number of rotatable bonds is 0. The Kier molecular flexibility index (Phi) is 1.99. The van der Waals surface area contributed by atoms with Crippen molar-refractivity contribution in [1.82, 2.24) is 9.55 Å². The van der Waals surface area contributed by atoms with Gasteiger partial charge in [-0.15, -0.1) is 0 Å². The molecule has 3 heterocycles. The number of hydrogen-bond acceptors (Lipinski definition) is 1. The number of para-hydroxylation sites is 2. The first kappa shape index (κ1) is 10.7. The van der Waals surface area contributed by atoms with E-state index in [4.69, 9.17) is 0 Å². The SMILES string of the molecule is c1ccc2c(c1)[Se]c1cccc3c4cccnc4n-2c13. The summed E-state index contributed by atoms with van der Waals surface area (Å²) in [7, 11) is 0. The molecule has 0 saturated heterocycles. The molecule has 0 N–H and O–H groups in total. The first-order chi connectivity index (χ1) is 9.93. The Morgan fingerprint density at radius 2 is 1.65 bits per heavy atom. The Labute approximate surface area is 122 Å². The normalized spacial score (nSPS) is 12.8. The van der Waals surface area contributed by atoms with E-state index in [9.17, 15) is 0 Å². The molecule has 0 amide bonds. The fourth-order valence-electron chi connectivity index (χ4n) is 3.03. The van der Waals surface area contributed by atoms with Crippen LogP contribution in [0, 0.1) is 0 Å². The van der Waals surface area contributed by atoms with E-state index in [1.54, 1.807) is 0 Å². The van der Waals surface area contributed by atoms with Gasteiger partial charge < -0.3 is 0 Å². The Balaban J connectivity index is 2.12. The topological polar surface area (TPSA) is 17.8 Å². The van der Waals surface area contributed by atoms with Crippen LogP contribution in [0.15, 0.2) is 60.8 Å². The second-order valence-corrected chi connectivity index (χ2v) is 7.21. The Hall–Kier alpha value is -2.09. The predicted octanol–water partition coefficient (Wildman–Crippen LogP) is 2.15. The fourth-order valence-corrected chi connectivity index (χ4v) is 5.32. The van der Waals surface area contributed by atoms with Crippen LogP contribution in [-0.2, 0) is 0 Å². The van der Waals surface area contributed by atoms with Gasteiger partial charge in [0.1, 0.15) is 0 Å². The molecule has 3 heteroatoms. The van der Waals surface area contributed by atoms with Crippen molar-refractivity contribution in [1.29, 1.82) is 0 Å². The van der Waals surface area contributed by atoms with E-state index >= 15 is 0 Å². The van der Waals surface area contributed by atoms with Crippen molar-refractivity contribution in [3.63, 3.8) is 0 Å². The molecule has 1 aliphatic rings. The van der Waals surface area contributed by atoms with E-state index in [0.29, 0.717) is 15.0 Å². The molecular formula is C17H10N2Se. The molecular weight excluding hydrogens is 311 g/mol. The molecule has 20 heavy (non-hydrogen) atoms. The van der Waals surface area contributed by atoms with Crippen molar-refractivity contribution in [3.8, 4) is 5.69 Å². The van der Waals surface area contributed by atoms with Crippen LogP contribution in [-0.4, -0.2) is 24.5 Å². The average Bonchev–Trinajstić information content (AvgIpc) is 2.85. The summed E-state index contributed by atoms with van der Waals surface area (Å²) >= 11 is 0.375. The summed E-state index contributed by atoms with van der Waals surface area (Å²) in [4.78, 5) is 4.63. The van der Waals surface area contributed by atoms with Crippen molar-refractivity contribution in [2.45, 2.75) is 0 Å². The van der Waals surface area contributed by atoms with E-state index < -0.39 is 0 Å². The van der Waals surface area contributed by atoms with Crippen LogP contribution in [0.4, 0.5) is 0 Å². The van der Waals surface area contributed by atoms with E-state index in [1.165, 1.54) is 30.9 Å². The molecule has 2 nitrogen and oxygen atoms in total. The summed E-state index contributed by atoms with van der Waals surface area (Å²) in [6.45, 7) is 0. The maximum absolute atomic E-state index is 4.63. The van der Waals surface area contributed by atoms with Gasteiger partial charge in [0.2, 0.25) is 0 Å². The molecule has 2 aromatic heterocycles. The number of fused-ring (bicyclic) bond motifs is 5. The second kappa shape index (κ2) is 3.72. The molecule has 2 aromatic carbocycles. The van der Waals surface area contributed by atoms with Crippen LogP contribution >= 0.6 is 0 Å². The second-order valence-electron chi connectivity index (χ2n) is 4.93. The van der Waals surface area contributed by atoms with Crippen LogP contribution < -0.4 is 8.92 Å². The van der Waals surface area contributed by atoms with Crippen LogP contribution in [0.1, 0.15) is 0 Å². The summed E-state index contributed by atoms with van der Waals surface area (Å²) in [5.41, 5.74) is 3.71. The zero-order chi connectivity index (χ0) is 13.1. The quantitative estimate of drug-likeness (QED) is 0.400. The molecule has 0 aliphatic carbocycles. The van der Waals surface area contributed by atoms with Gasteiger partial charge in [-0.2, -0.15) is 0 Å². The summed E-state index contributed by atoms with van der Waals surface area (Å²) in [5.74, 6) is 0. The number of benzene rings is 2. The molecule has 0 atom stereocenters. The molecule has 5 rings (SSSR count). The molecule has 94 valence electrons. The summed E-state index contributed by atoms with van der Waals surface area (Å²) < 4.78 is 5.22. The molecule has 0 saturated carbocycles. The Morgan fingerprint density at radius 1 is 0.800 bits per heavy atom. The molecule has 4 aromatic rings. The van der Waals surface area contributed by atoms with Crippen molar-refractivity contribution in [2.24, 2.45) is 0 Å². The van der Waals surface area contributed by atoms with E-state index in [2.05, 4.69) is 58.1 Å². The van der Waals surface area contributed by atoms with Crippen molar-refractivity contribution in [2.75, 3.05) is 0 Å². The zero-order valence-corrected chi connectivity index (χ0v) is 12.3. The number of nitrogens with zero attached hydrogens (tertiary/aromatic N) is 2. The van der Waals surface area contributed by atoms with Gasteiger partial charge in [-0.1, -0.05) is 0 Å². The third-order valence-corrected chi connectivity index (χ3v) is 6.18. The standard InChI is InChI=1S/C17H10N2Se/c1-2-8-14-13(7-1)19-16-11(5-3-9-15(16)20-14)12-6-4-10-18-17(12)19/h1-10H. The zero-order valence-electron chi connectivity index (χ0n) is 10.6. The van der Waals surface area contributed by atoms with E-state index in [-0.39, 0.29) is 0 Å². The van der Waals surface area contributed by atoms with Crippen LogP contribution in [0.25, 0.3) is 27.6 Å². The van der Waals surface area contributed by atoms with E-state index in [1.807, 2.05) is 12.3 Å². The van der Waals surface area contributed by atoms with Gasteiger partial charge >= 0.3 is 122 Å². The van der Waals surface area contributed by atoms with Crippen molar-refractivity contribution >= 4 is 45.8 Å². The molecule has 0 spiro atoms. The van der Waals surface area contributed by atoms with Crippen LogP contribution in [0.2, 0.25) is 0 Å². The number of hydrogen-bond donors (Lipinski definition) is 0. The Bertz CT molecular complexity index is 985. The van der Waals surface area contributed by atoms with Crippen LogP contribution in [0.3, 0.4) is 0 Å². The van der Waals surface area contributed by atoms with Crippen molar-refractivity contribution < 1.29 is 0 Å². The third-order valence-electron chi connectivity index (χ3n) is 3.84. The first-order valence-corrected chi connectivity index (χ1v) is 8.30. The van der Waals surface area contributed by atoms with Gasteiger partial charge in [-0.3, -0.25) is 0 Å². The number of pyridine rings is 1. The van der Waals surface area contributed by atoms with Gasteiger partial charge in [-0.25, -0.2) is 0 Å². The third kappa shape index (κ3) is 1.22. The molecule has 0 fully saturated rings. The van der Waals surface area contributed by atoms with Gasteiger partial charge in [0.25, 0.3) is 0 Å². The minimum atomic E-state index is 0.375. The maximum atomic E-state index is 4.63.